The lowest BCUT2D eigenvalue weighted by atomic mass is 10.0. The molecule has 0 aliphatic heterocycles. The molecule has 0 amide bonds. The Morgan fingerprint density at radius 3 is 2.23 bits per heavy atom. The first-order valence-electron chi connectivity index (χ1n) is 4.37. The minimum Gasteiger partial charge on any atom is -0.295 e. The van der Waals surface area contributed by atoms with Crippen molar-refractivity contribution in [3.05, 3.63) is 35.4 Å². The van der Waals surface area contributed by atoms with Crippen molar-refractivity contribution in [3.63, 3.8) is 0 Å². The molecule has 1 aliphatic rings. The van der Waals surface area contributed by atoms with Crippen LogP contribution in [0.3, 0.4) is 0 Å². The minimum absolute atomic E-state index is 0.102. The Hall–Kier alpha value is -1.44. The monoisotopic (exact) mass is 174 g/mol. The predicted molar refractivity (Wildman–Crippen MR) is 48.4 cm³/mol. The molecule has 0 spiro atoms. The second-order valence-electron chi connectivity index (χ2n) is 3.39. The molecule has 0 radical (unpaired) electrons. The lowest BCUT2D eigenvalue weighted by Gasteiger charge is -1.99. The Kier molecular flexibility index (Phi) is 1.97. The molecule has 0 bridgehead atoms. The van der Waals surface area contributed by atoms with E-state index in [9.17, 15) is 9.59 Å². The third-order valence-corrected chi connectivity index (χ3v) is 2.57. The standard InChI is InChI=1S/C11H10O2/c12-7-11(13)10-5-8-3-1-2-4-9(8)6-10/h1-4,7,10H,5-6H2. The quantitative estimate of drug-likeness (QED) is 0.498. The van der Waals surface area contributed by atoms with E-state index in [2.05, 4.69) is 0 Å². The molecule has 0 atom stereocenters. The molecule has 0 fully saturated rings. The number of hydrogen-bond donors (Lipinski definition) is 0. The number of fused-ring (bicyclic) bond motifs is 1. The maximum Gasteiger partial charge on any atom is 0.198 e. The van der Waals surface area contributed by atoms with Crippen LogP contribution in [0.5, 0.6) is 0 Å². The fourth-order valence-electron chi connectivity index (χ4n) is 1.86. The van der Waals surface area contributed by atoms with Crippen molar-refractivity contribution in [3.8, 4) is 0 Å². The van der Waals surface area contributed by atoms with E-state index in [1.165, 1.54) is 11.1 Å². The summed E-state index contributed by atoms with van der Waals surface area (Å²) in [5.74, 6) is -0.369. The van der Waals surface area contributed by atoms with Crippen molar-refractivity contribution >= 4 is 12.1 Å². The molecule has 1 aromatic rings. The van der Waals surface area contributed by atoms with Gasteiger partial charge >= 0.3 is 0 Å². The summed E-state index contributed by atoms with van der Waals surface area (Å²) in [7, 11) is 0. The molecule has 0 unspecified atom stereocenters. The van der Waals surface area contributed by atoms with Gasteiger partial charge in [0.15, 0.2) is 12.1 Å². The molecule has 0 N–H and O–H groups in total. The molecule has 1 aromatic carbocycles. The Labute approximate surface area is 76.6 Å². The number of hydrogen-bond acceptors (Lipinski definition) is 2. The van der Waals surface area contributed by atoms with Gasteiger partial charge in [0.05, 0.1) is 0 Å². The van der Waals surface area contributed by atoms with Crippen molar-refractivity contribution in [2.24, 2.45) is 5.92 Å². The number of Topliss-reactive ketones (excluding diaryl/α,β-unsaturated/α-hetero) is 1. The summed E-state index contributed by atoms with van der Waals surface area (Å²) in [4.78, 5) is 21.4. The summed E-state index contributed by atoms with van der Waals surface area (Å²) in [6, 6.07) is 7.97. The van der Waals surface area contributed by atoms with Gasteiger partial charge in [-0.2, -0.15) is 0 Å². The first kappa shape index (κ1) is 8.17. The molecule has 2 nitrogen and oxygen atoms in total. The topological polar surface area (TPSA) is 34.1 Å². The maximum absolute atomic E-state index is 11.1. The lowest BCUT2D eigenvalue weighted by molar-refractivity contribution is -0.132. The van der Waals surface area contributed by atoms with Crippen LogP contribution in [0.15, 0.2) is 24.3 Å². The molecule has 0 saturated heterocycles. The summed E-state index contributed by atoms with van der Waals surface area (Å²) in [6.07, 6.45) is 1.90. The van der Waals surface area contributed by atoms with E-state index in [1.54, 1.807) is 0 Å². The number of carbonyl (C=O) groups is 2. The molecule has 0 aromatic heterocycles. The average Bonchev–Trinajstić information content (AvgIpc) is 2.59. The van der Waals surface area contributed by atoms with Crippen LogP contribution in [0.2, 0.25) is 0 Å². The number of ketones is 1. The van der Waals surface area contributed by atoms with Gasteiger partial charge in [-0.15, -0.1) is 0 Å². The number of carbonyl (C=O) groups excluding carboxylic acids is 2. The first-order valence-corrected chi connectivity index (χ1v) is 4.37. The summed E-state index contributed by atoms with van der Waals surface area (Å²) in [5, 5.41) is 0. The molecular formula is C11H10O2. The van der Waals surface area contributed by atoms with Crippen LogP contribution >= 0.6 is 0 Å². The first-order chi connectivity index (χ1) is 6.31. The zero-order chi connectivity index (χ0) is 9.26. The van der Waals surface area contributed by atoms with Crippen molar-refractivity contribution in [2.75, 3.05) is 0 Å². The van der Waals surface area contributed by atoms with Crippen molar-refractivity contribution in [1.29, 1.82) is 0 Å². The van der Waals surface area contributed by atoms with Crippen LogP contribution in [0, 0.1) is 5.92 Å². The minimum atomic E-state index is -0.267. The van der Waals surface area contributed by atoms with Crippen molar-refractivity contribution < 1.29 is 9.59 Å². The molecule has 66 valence electrons. The molecular weight excluding hydrogens is 164 g/mol. The van der Waals surface area contributed by atoms with Crippen LogP contribution in [0.25, 0.3) is 0 Å². The zero-order valence-corrected chi connectivity index (χ0v) is 7.19. The maximum atomic E-state index is 11.1. The number of aldehydes is 1. The van der Waals surface area contributed by atoms with Crippen LogP contribution < -0.4 is 0 Å². The van der Waals surface area contributed by atoms with E-state index in [4.69, 9.17) is 0 Å². The normalized spacial score (nSPS) is 15.4. The second-order valence-corrected chi connectivity index (χ2v) is 3.39. The summed E-state index contributed by atoms with van der Waals surface area (Å²) in [5.41, 5.74) is 2.42. The molecule has 0 heterocycles. The second kappa shape index (κ2) is 3.13. The fourth-order valence-corrected chi connectivity index (χ4v) is 1.86. The average molecular weight is 174 g/mol. The van der Waals surface area contributed by atoms with Crippen LogP contribution in [-0.4, -0.2) is 12.1 Å². The number of benzene rings is 1. The van der Waals surface area contributed by atoms with E-state index in [0.717, 1.165) is 12.8 Å². The highest BCUT2D eigenvalue weighted by atomic mass is 16.2. The van der Waals surface area contributed by atoms with E-state index >= 15 is 0 Å². The molecule has 0 saturated carbocycles. The van der Waals surface area contributed by atoms with Crippen molar-refractivity contribution in [2.45, 2.75) is 12.8 Å². The van der Waals surface area contributed by atoms with Gasteiger partial charge in [-0.25, -0.2) is 0 Å². The SMILES string of the molecule is O=CC(=O)C1Cc2ccccc2C1. The highest BCUT2D eigenvalue weighted by molar-refractivity contribution is 6.26. The molecule has 2 rings (SSSR count). The van der Waals surface area contributed by atoms with E-state index < -0.39 is 0 Å². The molecule has 1 aliphatic carbocycles. The Morgan fingerprint density at radius 1 is 1.23 bits per heavy atom. The Balaban J connectivity index is 2.23. The third-order valence-electron chi connectivity index (χ3n) is 2.57. The number of rotatable bonds is 2. The van der Waals surface area contributed by atoms with Gasteiger partial charge in [0.1, 0.15) is 0 Å². The smallest absolute Gasteiger partial charge is 0.198 e. The largest absolute Gasteiger partial charge is 0.295 e. The molecule has 2 heteroatoms. The Morgan fingerprint density at radius 2 is 1.77 bits per heavy atom. The van der Waals surface area contributed by atoms with Gasteiger partial charge in [0, 0.05) is 5.92 Å². The highest BCUT2D eigenvalue weighted by Crippen LogP contribution is 2.26. The third kappa shape index (κ3) is 1.39. The fraction of sp³-hybridized carbons (Fsp3) is 0.273. The van der Waals surface area contributed by atoms with Crippen molar-refractivity contribution in [1.82, 2.24) is 0 Å². The van der Waals surface area contributed by atoms with Gasteiger partial charge in [0.25, 0.3) is 0 Å². The van der Waals surface area contributed by atoms with Crippen LogP contribution in [-0.2, 0) is 22.4 Å². The summed E-state index contributed by atoms with van der Waals surface area (Å²) < 4.78 is 0. The Bertz CT molecular complexity index is 330. The van der Waals surface area contributed by atoms with Gasteiger partial charge < -0.3 is 0 Å². The highest BCUT2D eigenvalue weighted by Gasteiger charge is 2.26. The summed E-state index contributed by atoms with van der Waals surface area (Å²) in [6.45, 7) is 0. The zero-order valence-electron chi connectivity index (χ0n) is 7.19. The van der Waals surface area contributed by atoms with E-state index in [-0.39, 0.29) is 11.7 Å². The van der Waals surface area contributed by atoms with Gasteiger partial charge in [0.2, 0.25) is 0 Å². The van der Waals surface area contributed by atoms with E-state index in [1.807, 2.05) is 24.3 Å². The van der Waals surface area contributed by atoms with Gasteiger partial charge in [-0.3, -0.25) is 9.59 Å². The lowest BCUT2D eigenvalue weighted by Crippen LogP contribution is -2.15. The van der Waals surface area contributed by atoms with Gasteiger partial charge in [-0.1, -0.05) is 24.3 Å². The molecule has 13 heavy (non-hydrogen) atoms. The van der Waals surface area contributed by atoms with Crippen LogP contribution in [0.1, 0.15) is 11.1 Å². The predicted octanol–water partition coefficient (Wildman–Crippen LogP) is 1.17. The summed E-state index contributed by atoms with van der Waals surface area (Å²) >= 11 is 0. The van der Waals surface area contributed by atoms with Gasteiger partial charge in [-0.05, 0) is 24.0 Å². The van der Waals surface area contributed by atoms with E-state index in [0.29, 0.717) is 6.29 Å². The van der Waals surface area contributed by atoms with Crippen LogP contribution in [0.4, 0.5) is 0 Å².